The third-order valence-electron chi connectivity index (χ3n) is 4.63. The average molecular weight is 423 g/mol. The number of nitrogens with two attached hydrogens (primary N) is 2. The highest BCUT2D eigenvalue weighted by atomic mass is 35.5. The predicted molar refractivity (Wildman–Crippen MR) is 107 cm³/mol. The number of hydrogen-bond acceptors (Lipinski definition) is 3. The second-order valence-electron chi connectivity index (χ2n) is 6.73. The van der Waals surface area contributed by atoms with E-state index >= 15 is 0 Å². The molecule has 0 rings (SSSR count). The SMILES string of the molecule is CC[N+](C)(CC)CCNC(=O)C(C)(N)CCCCCC(=N)N.Cl.Cl.[Cl-]. The zero-order valence-corrected chi connectivity index (χ0v) is 18.5. The maximum absolute atomic E-state index is 12.2. The summed E-state index contributed by atoms with van der Waals surface area (Å²) >= 11 is 0. The normalized spacial score (nSPS) is 12.7. The summed E-state index contributed by atoms with van der Waals surface area (Å²) in [7, 11) is 2.20. The van der Waals surface area contributed by atoms with E-state index in [1.807, 2.05) is 0 Å². The van der Waals surface area contributed by atoms with Gasteiger partial charge in [0.15, 0.2) is 0 Å². The van der Waals surface area contributed by atoms with Gasteiger partial charge >= 0.3 is 0 Å². The molecule has 1 unspecified atom stereocenters. The van der Waals surface area contributed by atoms with Crippen molar-refractivity contribution in [3.8, 4) is 0 Å². The second-order valence-corrected chi connectivity index (χ2v) is 6.73. The standard InChI is InChI=1S/C16H35N5O.3ClH/c1-5-21(4,6-2)13-12-20-15(22)16(3,19)11-9-7-8-10-14(17)18;;;/h5-13,19H2,1-4H3,(H3-,17,18,20,22);3*1H. The molecule has 6 N–H and O–H groups in total. The number of nitrogens with zero attached hydrogens (tertiary/aromatic N) is 1. The van der Waals surface area contributed by atoms with Crippen LogP contribution in [0.2, 0.25) is 0 Å². The Morgan fingerprint density at radius 3 is 2.12 bits per heavy atom. The van der Waals surface area contributed by atoms with Crippen molar-refractivity contribution in [2.45, 2.75) is 58.4 Å². The van der Waals surface area contributed by atoms with E-state index in [2.05, 4.69) is 26.2 Å². The van der Waals surface area contributed by atoms with Crippen molar-refractivity contribution in [3.05, 3.63) is 0 Å². The number of likely N-dealkylation sites (N-methyl/N-ethyl adjacent to an activating group) is 1. The number of nitrogens with one attached hydrogen (secondary N) is 2. The molecule has 0 spiro atoms. The number of amides is 1. The molecule has 6 nitrogen and oxygen atoms in total. The number of rotatable bonds is 12. The highest BCUT2D eigenvalue weighted by Gasteiger charge is 2.28. The molecule has 1 amide bonds. The lowest BCUT2D eigenvalue weighted by atomic mass is 9.94. The van der Waals surface area contributed by atoms with E-state index in [0.717, 1.165) is 43.4 Å². The van der Waals surface area contributed by atoms with E-state index in [9.17, 15) is 4.79 Å². The fraction of sp³-hybridized carbons (Fsp3) is 0.875. The van der Waals surface area contributed by atoms with Crippen LogP contribution in [-0.2, 0) is 4.79 Å². The van der Waals surface area contributed by atoms with E-state index in [1.54, 1.807) is 6.92 Å². The Morgan fingerprint density at radius 2 is 1.68 bits per heavy atom. The summed E-state index contributed by atoms with van der Waals surface area (Å²) in [4.78, 5) is 12.2. The van der Waals surface area contributed by atoms with Crippen LogP contribution in [0.15, 0.2) is 0 Å². The van der Waals surface area contributed by atoms with Gasteiger partial charge in [-0.25, -0.2) is 0 Å². The number of quaternary nitrogens is 1. The molecule has 154 valence electrons. The Kier molecular flexibility index (Phi) is 20.7. The summed E-state index contributed by atoms with van der Waals surface area (Å²) in [6.45, 7) is 9.83. The van der Waals surface area contributed by atoms with Crippen LogP contribution in [0, 0.1) is 5.41 Å². The van der Waals surface area contributed by atoms with Gasteiger partial charge in [0, 0.05) is 6.42 Å². The Morgan fingerprint density at radius 1 is 1.16 bits per heavy atom. The smallest absolute Gasteiger partial charge is 0.240 e. The first-order valence-corrected chi connectivity index (χ1v) is 8.40. The summed E-state index contributed by atoms with van der Waals surface area (Å²) in [5, 5.41) is 10.1. The zero-order valence-electron chi connectivity index (χ0n) is 16.1. The maximum atomic E-state index is 12.2. The molecule has 0 aliphatic carbocycles. The molecule has 0 bridgehead atoms. The summed E-state index contributed by atoms with van der Waals surface area (Å²) < 4.78 is 0.951. The van der Waals surface area contributed by atoms with E-state index in [-0.39, 0.29) is 49.0 Å². The van der Waals surface area contributed by atoms with Crippen molar-refractivity contribution < 1.29 is 21.7 Å². The first kappa shape index (κ1) is 32.4. The Hall–Kier alpha value is -0.270. The van der Waals surface area contributed by atoms with Crippen LogP contribution in [0.5, 0.6) is 0 Å². The van der Waals surface area contributed by atoms with Crippen LogP contribution in [0.25, 0.3) is 0 Å². The molecule has 0 fully saturated rings. The second kappa shape index (κ2) is 15.9. The average Bonchev–Trinajstić information content (AvgIpc) is 2.46. The van der Waals surface area contributed by atoms with Gasteiger partial charge in [-0.2, -0.15) is 0 Å². The fourth-order valence-electron chi connectivity index (χ4n) is 2.28. The van der Waals surface area contributed by atoms with Gasteiger partial charge < -0.3 is 33.7 Å². The zero-order chi connectivity index (χ0) is 17.2. The number of halogens is 3. The molecule has 0 aliphatic rings. The van der Waals surface area contributed by atoms with Crippen LogP contribution < -0.4 is 29.2 Å². The fourth-order valence-corrected chi connectivity index (χ4v) is 2.28. The quantitative estimate of drug-likeness (QED) is 0.141. The summed E-state index contributed by atoms with van der Waals surface area (Å²) in [5.74, 6) is 0.152. The highest BCUT2D eigenvalue weighted by molar-refractivity contribution is 5.86. The van der Waals surface area contributed by atoms with Gasteiger partial charge in [0.2, 0.25) is 5.91 Å². The van der Waals surface area contributed by atoms with Crippen molar-refractivity contribution >= 4 is 36.6 Å². The minimum Gasteiger partial charge on any atom is -1.00 e. The van der Waals surface area contributed by atoms with Gasteiger partial charge in [-0.3, -0.25) is 10.2 Å². The molecule has 0 aromatic carbocycles. The summed E-state index contributed by atoms with van der Waals surface area (Å²) in [6, 6.07) is 0. The molecule has 0 heterocycles. The van der Waals surface area contributed by atoms with Crippen molar-refractivity contribution in [2.75, 3.05) is 33.2 Å². The number of amidine groups is 1. The Labute approximate surface area is 172 Å². The Balaban J connectivity index is -0.000000735. The monoisotopic (exact) mass is 421 g/mol. The van der Waals surface area contributed by atoms with Gasteiger partial charge in [0.25, 0.3) is 0 Å². The van der Waals surface area contributed by atoms with Crippen LogP contribution in [0.1, 0.15) is 52.9 Å². The Bertz CT molecular complexity index is 364. The molecule has 0 saturated carbocycles. The molecular formula is C16H38Cl3N5O. The van der Waals surface area contributed by atoms with Gasteiger partial charge in [0.05, 0.1) is 44.6 Å². The highest BCUT2D eigenvalue weighted by Crippen LogP contribution is 2.13. The first-order chi connectivity index (χ1) is 10.2. The van der Waals surface area contributed by atoms with Crippen molar-refractivity contribution in [3.63, 3.8) is 0 Å². The third-order valence-corrected chi connectivity index (χ3v) is 4.63. The summed E-state index contributed by atoms with van der Waals surface area (Å²) in [5.41, 5.74) is 10.6. The third kappa shape index (κ3) is 14.6. The molecule has 9 heteroatoms. The van der Waals surface area contributed by atoms with Crippen molar-refractivity contribution in [1.82, 2.24) is 5.32 Å². The van der Waals surface area contributed by atoms with Gasteiger partial charge in [-0.15, -0.1) is 24.8 Å². The molecule has 0 aliphatic heterocycles. The number of hydrogen-bond donors (Lipinski definition) is 4. The van der Waals surface area contributed by atoms with Gasteiger partial charge in [0.1, 0.15) is 0 Å². The van der Waals surface area contributed by atoms with Gasteiger partial charge in [-0.1, -0.05) is 12.8 Å². The van der Waals surface area contributed by atoms with E-state index in [1.165, 1.54) is 0 Å². The number of unbranched alkanes of at least 4 members (excludes halogenated alkanes) is 2. The minimum atomic E-state index is -0.821. The van der Waals surface area contributed by atoms with Crippen LogP contribution in [0.4, 0.5) is 0 Å². The lowest BCUT2D eigenvalue weighted by Gasteiger charge is -2.32. The van der Waals surface area contributed by atoms with E-state index < -0.39 is 5.54 Å². The van der Waals surface area contributed by atoms with E-state index in [4.69, 9.17) is 16.9 Å². The van der Waals surface area contributed by atoms with Crippen molar-refractivity contribution in [1.29, 1.82) is 5.41 Å². The molecule has 0 aromatic heterocycles. The molecular weight excluding hydrogens is 385 g/mol. The minimum absolute atomic E-state index is 0. The topological polar surface area (TPSA) is 105 Å². The molecule has 0 radical (unpaired) electrons. The van der Waals surface area contributed by atoms with E-state index in [0.29, 0.717) is 19.4 Å². The van der Waals surface area contributed by atoms with Crippen LogP contribution in [-0.4, -0.2) is 55.0 Å². The largest absolute Gasteiger partial charge is 1.00 e. The van der Waals surface area contributed by atoms with Crippen LogP contribution >= 0.6 is 24.8 Å². The summed E-state index contributed by atoms with van der Waals surface area (Å²) in [6.07, 6.45) is 3.99. The molecule has 1 atom stereocenters. The van der Waals surface area contributed by atoms with Crippen LogP contribution in [0.3, 0.4) is 0 Å². The number of carbonyl (C=O) groups is 1. The predicted octanol–water partition coefficient (Wildman–Crippen LogP) is -0.960. The lowest BCUT2D eigenvalue weighted by Crippen LogP contribution is -3.00. The van der Waals surface area contributed by atoms with Crippen molar-refractivity contribution in [2.24, 2.45) is 11.5 Å². The molecule has 0 saturated heterocycles. The lowest BCUT2D eigenvalue weighted by molar-refractivity contribution is -0.904. The molecule has 25 heavy (non-hydrogen) atoms. The number of carbonyl (C=O) groups excluding carboxylic acids is 1. The maximum Gasteiger partial charge on any atom is 0.240 e. The molecule has 0 aromatic rings. The first-order valence-electron chi connectivity index (χ1n) is 8.40. The van der Waals surface area contributed by atoms with Gasteiger partial charge in [-0.05, 0) is 33.6 Å².